The summed E-state index contributed by atoms with van der Waals surface area (Å²) in [4.78, 5) is 16.6. The summed E-state index contributed by atoms with van der Waals surface area (Å²) in [6.07, 6.45) is 1.94. The first kappa shape index (κ1) is 14.4. The number of nitrogens with zero attached hydrogens (tertiary/aromatic N) is 3. The molecule has 19 heavy (non-hydrogen) atoms. The van der Waals surface area contributed by atoms with Gasteiger partial charge in [0.2, 0.25) is 0 Å². The molecule has 0 spiro atoms. The summed E-state index contributed by atoms with van der Waals surface area (Å²) >= 11 is 4.87. The van der Waals surface area contributed by atoms with E-state index in [1.807, 2.05) is 12.3 Å². The van der Waals surface area contributed by atoms with Gasteiger partial charge in [0, 0.05) is 18.2 Å². The number of aryl methyl sites for hydroxylation is 1. The second-order valence-corrected chi connectivity index (χ2v) is 5.84. The van der Waals surface area contributed by atoms with E-state index >= 15 is 0 Å². The summed E-state index contributed by atoms with van der Waals surface area (Å²) in [5, 5.41) is 6.95. The molecule has 2 aromatic heterocycles. The van der Waals surface area contributed by atoms with Crippen molar-refractivity contribution < 1.29 is 9.53 Å². The first-order valence-corrected chi connectivity index (χ1v) is 7.43. The highest BCUT2D eigenvalue weighted by atomic mass is 79.9. The molecule has 0 amide bonds. The maximum Gasteiger partial charge on any atom is 0.188 e. The number of hydrogen-bond acceptors (Lipinski definition) is 5. The van der Waals surface area contributed by atoms with Crippen LogP contribution in [0.1, 0.15) is 21.2 Å². The van der Waals surface area contributed by atoms with Crippen molar-refractivity contribution in [3.8, 4) is 0 Å². The minimum absolute atomic E-state index is 0.00910. The van der Waals surface area contributed by atoms with E-state index in [1.165, 1.54) is 11.3 Å². The highest BCUT2D eigenvalue weighted by Crippen LogP contribution is 2.19. The number of thiazole rings is 1. The van der Waals surface area contributed by atoms with Crippen molar-refractivity contribution in [1.29, 1.82) is 0 Å². The Labute approximate surface area is 123 Å². The Balaban J connectivity index is 2.16. The molecule has 0 atom stereocenters. The third kappa shape index (κ3) is 3.49. The predicted octanol–water partition coefficient (Wildman–Crippen LogP) is 2.48. The van der Waals surface area contributed by atoms with Gasteiger partial charge in [-0.1, -0.05) is 0 Å². The van der Waals surface area contributed by atoms with Crippen LogP contribution < -0.4 is 0 Å². The normalized spacial score (nSPS) is 10.9. The van der Waals surface area contributed by atoms with E-state index in [4.69, 9.17) is 4.74 Å². The molecular weight excluding hydrogens is 330 g/mol. The quantitative estimate of drug-likeness (QED) is 0.756. The zero-order valence-corrected chi connectivity index (χ0v) is 13.1. The molecule has 2 rings (SSSR count). The standard InChI is InChI=1S/C12H14BrN3O2S/c1-8-7-19-11(15-8)5-10(17)12-9(13)6-14-16(12)3-4-18-2/h6-7H,3-5H2,1-2H3. The molecule has 0 aromatic carbocycles. The SMILES string of the molecule is COCCn1ncc(Br)c1C(=O)Cc1nc(C)cs1. The fourth-order valence-corrected chi connectivity index (χ4v) is 2.98. The van der Waals surface area contributed by atoms with Gasteiger partial charge in [-0.3, -0.25) is 9.48 Å². The Morgan fingerprint density at radius 2 is 2.37 bits per heavy atom. The molecule has 0 radical (unpaired) electrons. The topological polar surface area (TPSA) is 57.0 Å². The number of Topliss-reactive ketones (excluding diaryl/α,β-unsaturated/α-hetero) is 1. The van der Waals surface area contributed by atoms with Gasteiger partial charge in [-0.05, 0) is 22.9 Å². The molecule has 0 aliphatic heterocycles. The molecule has 2 aromatic rings. The van der Waals surface area contributed by atoms with Crippen LogP contribution in [0.4, 0.5) is 0 Å². The van der Waals surface area contributed by atoms with E-state index in [0.717, 1.165) is 10.7 Å². The maximum atomic E-state index is 12.3. The Kier molecular flexibility index (Phi) is 4.84. The Bertz CT molecular complexity index is 579. The molecule has 0 bridgehead atoms. The number of carbonyl (C=O) groups is 1. The van der Waals surface area contributed by atoms with Gasteiger partial charge in [0.1, 0.15) is 10.7 Å². The van der Waals surface area contributed by atoms with Crippen LogP contribution in [0.5, 0.6) is 0 Å². The van der Waals surface area contributed by atoms with Gasteiger partial charge in [0.25, 0.3) is 0 Å². The van der Waals surface area contributed by atoms with Crippen molar-refractivity contribution in [2.45, 2.75) is 19.9 Å². The molecular formula is C12H14BrN3O2S. The van der Waals surface area contributed by atoms with E-state index in [-0.39, 0.29) is 5.78 Å². The number of ketones is 1. The van der Waals surface area contributed by atoms with Crippen molar-refractivity contribution in [3.63, 3.8) is 0 Å². The lowest BCUT2D eigenvalue weighted by Gasteiger charge is -2.06. The zero-order chi connectivity index (χ0) is 13.8. The number of carbonyl (C=O) groups excluding carboxylic acids is 1. The third-order valence-corrected chi connectivity index (χ3v) is 4.09. The van der Waals surface area contributed by atoms with Crippen molar-refractivity contribution >= 4 is 33.0 Å². The molecule has 0 unspecified atom stereocenters. The maximum absolute atomic E-state index is 12.3. The summed E-state index contributed by atoms with van der Waals surface area (Å²) in [5.41, 5.74) is 1.52. The fraction of sp³-hybridized carbons (Fsp3) is 0.417. The highest BCUT2D eigenvalue weighted by molar-refractivity contribution is 9.10. The molecule has 2 heterocycles. The second-order valence-electron chi connectivity index (χ2n) is 4.04. The minimum atomic E-state index is 0.00910. The molecule has 0 fully saturated rings. The average Bonchev–Trinajstić information content (AvgIpc) is 2.93. The molecule has 7 heteroatoms. The molecule has 0 saturated carbocycles. The third-order valence-electron chi connectivity index (χ3n) is 2.54. The number of rotatable bonds is 6. The van der Waals surface area contributed by atoms with Crippen LogP contribution in [0.3, 0.4) is 0 Å². The van der Waals surface area contributed by atoms with E-state index in [9.17, 15) is 4.79 Å². The average molecular weight is 344 g/mol. The lowest BCUT2D eigenvalue weighted by atomic mass is 10.2. The van der Waals surface area contributed by atoms with Crippen LogP contribution in [0.25, 0.3) is 0 Å². The van der Waals surface area contributed by atoms with Crippen LogP contribution in [0, 0.1) is 6.92 Å². The number of ether oxygens (including phenoxy) is 1. The monoisotopic (exact) mass is 343 g/mol. The van der Waals surface area contributed by atoms with Crippen molar-refractivity contribution in [2.24, 2.45) is 0 Å². The molecule has 102 valence electrons. The Morgan fingerprint density at radius 3 is 3.00 bits per heavy atom. The Hall–Kier alpha value is -1.05. The highest BCUT2D eigenvalue weighted by Gasteiger charge is 2.18. The minimum Gasteiger partial charge on any atom is -0.383 e. The summed E-state index contributed by atoms with van der Waals surface area (Å²) in [6.45, 7) is 2.99. The van der Waals surface area contributed by atoms with Crippen LogP contribution >= 0.6 is 27.3 Å². The van der Waals surface area contributed by atoms with Crippen molar-refractivity contribution in [1.82, 2.24) is 14.8 Å². The van der Waals surface area contributed by atoms with E-state index < -0.39 is 0 Å². The van der Waals surface area contributed by atoms with E-state index in [0.29, 0.717) is 29.7 Å². The van der Waals surface area contributed by atoms with Gasteiger partial charge in [-0.25, -0.2) is 4.98 Å². The van der Waals surface area contributed by atoms with Gasteiger partial charge in [-0.15, -0.1) is 11.3 Å². The number of halogens is 1. The van der Waals surface area contributed by atoms with Crippen LogP contribution in [0.15, 0.2) is 16.0 Å². The summed E-state index contributed by atoms with van der Waals surface area (Å²) < 4.78 is 7.39. The van der Waals surface area contributed by atoms with Gasteiger partial charge < -0.3 is 4.74 Å². The van der Waals surface area contributed by atoms with Crippen LogP contribution in [0.2, 0.25) is 0 Å². The largest absolute Gasteiger partial charge is 0.383 e. The molecule has 0 N–H and O–H groups in total. The smallest absolute Gasteiger partial charge is 0.188 e. The fourth-order valence-electron chi connectivity index (χ4n) is 1.69. The van der Waals surface area contributed by atoms with E-state index in [1.54, 1.807) is 18.0 Å². The summed E-state index contributed by atoms with van der Waals surface area (Å²) in [5.74, 6) is 0.00910. The predicted molar refractivity (Wildman–Crippen MR) is 76.7 cm³/mol. The molecule has 5 nitrogen and oxygen atoms in total. The summed E-state index contributed by atoms with van der Waals surface area (Å²) in [7, 11) is 1.62. The lowest BCUT2D eigenvalue weighted by molar-refractivity contribution is 0.0978. The van der Waals surface area contributed by atoms with Gasteiger partial charge in [-0.2, -0.15) is 5.10 Å². The van der Waals surface area contributed by atoms with Crippen molar-refractivity contribution in [3.05, 3.63) is 32.4 Å². The lowest BCUT2D eigenvalue weighted by Crippen LogP contribution is -2.15. The Morgan fingerprint density at radius 1 is 1.58 bits per heavy atom. The number of methoxy groups -OCH3 is 1. The van der Waals surface area contributed by atoms with Gasteiger partial charge in [0.15, 0.2) is 5.78 Å². The van der Waals surface area contributed by atoms with Crippen LogP contribution in [-0.2, 0) is 17.7 Å². The molecule has 0 aliphatic carbocycles. The number of aromatic nitrogens is 3. The second kappa shape index (κ2) is 6.40. The van der Waals surface area contributed by atoms with Crippen LogP contribution in [-0.4, -0.2) is 34.3 Å². The van der Waals surface area contributed by atoms with Gasteiger partial charge >= 0.3 is 0 Å². The van der Waals surface area contributed by atoms with Gasteiger partial charge in [0.05, 0.1) is 30.2 Å². The molecule has 0 aliphatic rings. The first-order valence-electron chi connectivity index (χ1n) is 5.76. The first-order chi connectivity index (χ1) is 9.11. The van der Waals surface area contributed by atoms with E-state index in [2.05, 4.69) is 26.0 Å². The summed E-state index contributed by atoms with van der Waals surface area (Å²) in [6, 6.07) is 0. The zero-order valence-electron chi connectivity index (χ0n) is 10.7. The number of hydrogen-bond donors (Lipinski definition) is 0. The van der Waals surface area contributed by atoms with Crippen molar-refractivity contribution in [2.75, 3.05) is 13.7 Å². The molecule has 0 saturated heterocycles.